The molecule has 0 atom stereocenters. The van der Waals surface area contributed by atoms with E-state index in [1.54, 1.807) is 33.5 Å². The van der Waals surface area contributed by atoms with Crippen molar-refractivity contribution in [3.05, 3.63) is 76.5 Å². The first-order chi connectivity index (χ1) is 16.0. The summed E-state index contributed by atoms with van der Waals surface area (Å²) in [5.74, 6) is 2.27. The van der Waals surface area contributed by atoms with Gasteiger partial charge in [0.15, 0.2) is 22.5 Å². The normalized spacial score (nSPS) is 10.8. The van der Waals surface area contributed by atoms with Crippen LogP contribution >= 0.6 is 27.7 Å². The van der Waals surface area contributed by atoms with Crippen molar-refractivity contribution in [3.63, 3.8) is 0 Å². The number of rotatable bonds is 8. The van der Waals surface area contributed by atoms with Gasteiger partial charge in [-0.25, -0.2) is 4.39 Å². The molecule has 170 valence electrons. The van der Waals surface area contributed by atoms with E-state index in [2.05, 4.69) is 26.1 Å². The van der Waals surface area contributed by atoms with Crippen LogP contribution in [0.3, 0.4) is 0 Å². The van der Waals surface area contributed by atoms with Gasteiger partial charge in [-0.1, -0.05) is 45.9 Å². The van der Waals surface area contributed by atoms with Gasteiger partial charge in [0.2, 0.25) is 5.75 Å². The van der Waals surface area contributed by atoms with Gasteiger partial charge < -0.3 is 14.2 Å². The van der Waals surface area contributed by atoms with E-state index in [4.69, 9.17) is 14.2 Å². The van der Waals surface area contributed by atoms with Crippen molar-refractivity contribution in [3.8, 4) is 34.3 Å². The molecule has 4 rings (SSSR count). The molecule has 9 heteroatoms. The van der Waals surface area contributed by atoms with Crippen LogP contribution in [0.4, 0.5) is 4.39 Å². The Morgan fingerprint density at radius 3 is 2.18 bits per heavy atom. The molecule has 0 amide bonds. The molecule has 1 heterocycles. The summed E-state index contributed by atoms with van der Waals surface area (Å²) >= 11 is 4.89. The zero-order valence-electron chi connectivity index (χ0n) is 18.2. The Labute approximate surface area is 203 Å². The maximum Gasteiger partial charge on any atom is 0.203 e. The van der Waals surface area contributed by atoms with E-state index in [0.717, 1.165) is 15.7 Å². The summed E-state index contributed by atoms with van der Waals surface area (Å²) in [6.45, 7) is 0. The molecule has 4 aromatic rings. The second kappa shape index (κ2) is 10.3. The van der Waals surface area contributed by atoms with Crippen molar-refractivity contribution in [1.82, 2.24) is 14.8 Å². The number of ether oxygens (including phenoxy) is 3. The van der Waals surface area contributed by atoms with E-state index in [-0.39, 0.29) is 5.82 Å². The molecule has 1 aromatic heterocycles. The van der Waals surface area contributed by atoms with E-state index in [9.17, 15) is 4.39 Å². The van der Waals surface area contributed by atoms with E-state index in [1.165, 1.54) is 17.8 Å². The van der Waals surface area contributed by atoms with Crippen molar-refractivity contribution >= 4 is 27.7 Å². The first-order valence-electron chi connectivity index (χ1n) is 9.93. The second-order valence-electron chi connectivity index (χ2n) is 6.91. The summed E-state index contributed by atoms with van der Waals surface area (Å²) in [7, 11) is 4.69. The minimum Gasteiger partial charge on any atom is -0.493 e. The monoisotopic (exact) mass is 529 g/mol. The third-order valence-corrected chi connectivity index (χ3v) is 6.46. The molecule has 0 radical (unpaired) electrons. The van der Waals surface area contributed by atoms with E-state index in [1.807, 2.05) is 47.0 Å². The summed E-state index contributed by atoms with van der Waals surface area (Å²) in [5, 5.41) is 9.51. The first kappa shape index (κ1) is 23.1. The summed E-state index contributed by atoms with van der Waals surface area (Å²) in [6.07, 6.45) is 0. The average molecular weight is 530 g/mol. The zero-order valence-corrected chi connectivity index (χ0v) is 20.6. The molecule has 0 aliphatic heterocycles. The Hall–Kier alpha value is -3.04. The van der Waals surface area contributed by atoms with Crippen LogP contribution < -0.4 is 14.2 Å². The van der Waals surface area contributed by atoms with Gasteiger partial charge in [-0.2, -0.15) is 0 Å². The van der Waals surface area contributed by atoms with Gasteiger partial charge in [0.05, 0.1) is 21.3 Å². The van der Waals surface area contributed by atoms with Gasteiger partial charge in [-0.15, -0.1) is 10.2 Å². The maximum absolute atomic E-state index is 14.2. The summed E-state index contributed by atoms with van der Waals surface area (Å²) in [4.78, 5) is 0. The standard InChI is InChI=1S/C24H21BrFN3O3S/c1-30-20-12-16(13-21(31-2)22(20)32-3)23-27-28-24(29(23)18-10-8-17(25)9-11-18)33-14-15-6-4-5-7-19(15)26/h4-13H,14H2,1-3H3. The van der Waals surface area contributed by atoms with Crippen molar-refractivity contribution in [1.29, 1.82) is 0 Å². The molecular formula is C24H21BrFN3O3S. The van der Waals surface area contributed by atoms with Crippen LogP contribution in [0.1, 0.15) is 5.56 Å². The molecule has 0 saturated carbocycles. The topological polar surface area (TPSA) is 58.4 Å². The van der Waals surface area contributed by atoms with E-state index >= 15 is 0 Å². The van der Waals surface area contributed by atoms with Crippen molar-refractivity contribution in [2.75, 3.05) is 21.3 Å². The van der Waals surface area contributed by atoms with E-state index in [0.29, 0.717) is 39.5 Å². The lowest BCUT2D eigenvalue weighted by Crippen LogP contribution is -2.01. The van der Waals surface area contributed by atoms with Gasteiger partial charge in [-0.3, -0.25) is 4.57 Å². The van der Waals surface area contributed by atoms with Crippen LogP contribution in [0.25, 0.3) is 17.1 Å². The fraction of sp³-hybridized carbons (Fsp3) is 0.167. The van der Waals surface area contributed by atoms with Crippen molar-refractivity contribution in [2.24, 2.45) is 0 Å². The number of hydrogen-bond donors (Lipinski definition) is 0. The number of methoxy groups -OCH3 is 3. The minimum absolute atomic E-state index is 0.246. The molecule has 0 N–H and O–H groups in total. The number of aromatic nitrogens is 3. The van der Waals surface area contributed by atoms with Crippen LogP contribution in [0.2, 0.25) is 0 Å². The molecular weight excluding hydrogens is 509 g/mol. The zero-order chi connectivity index (χ0) is 23.4. The Morgan fingerprint density at radius 1 is 0.909 bits per heavy atom. The van der Waals surface area contributed by atoms with Gasteiger partial charge in [0.25, 0.3) is 0 Å². The number of halogens is 2. The lowest BCUT2D eigenvalue weighted by molar-refractivity contribution is 0.324. The molecule has 0 spiro atoms. The Morgan fingerprint density at radius 2 is 1.58 bits per heavy atom. The molecule has 0 aliphatic carbocycles. The molecule has 6 nitrogen and oxygen atoms in total. The Bertz CT molecular complexity index is 1240. The van der Waals surface area contributed by atoms with Crippen LogP contribution in [0.15, 0.2) is 70.3 Å². The number of hydrogen-bond acceptors (Lipinski definition) is 6. The van der Waals surface area contributed by atoms with Gasteiger partial charge in [0, 0.05) is 21.5 Å². The fourth-order valence-electron chi connectivity index (χ4n) is 3.34. The quantitative estimate of drug-likeness (QED) is 0.255. The molecule has 0 unspecified atom stereocenters. The number of benzene rings is 3. The van der Waals surface area contributed by atoms with Crippen LogP contribution in [0.5, 0.6) is 17.2 Å². The number of nitrogens with zero attached hydrogens (tertiary/aromatic N) is 3. The molecule has 3 aromatic carbocycles. The van der Waals surface area contributed by atoms with E-state index < -0.39 is 0 Å². The molecule has 0 aliphatic rings. The molecule has 0 saturated heterocycles. The van der Waals surface area contributed by atoms with Gasteiger partial charge in [-0.05, 0) is 48.0 Å². The Balaban J connectivity index is 1.82. The molecule has 0 bridgehead atoms. The second-order valence-corrected chi connectivity index (χ2v) is 8.77. The summed E-state index contributed by atoms with van der Waals surface area (Å²) in [5.41, 5.74) is 2.20. The van der Waals surface area contributed by atoms with Crippen LogP contribution in [-0.4, -0.2) is 36.1 Å². The number of thioether (sulfide) groups is 1. The molecule has 33 heavy (non-hydrogen) atoms. The van der Waals surface area contributed by atoms with Gasteiger partial charge in [0.1, 0.15) is 5.82 Å². The predicted octanol–water partition coefficient (Wildman–Crippen LogP) is 6.15. The van der Waals surface area contributed by atoms with Gasteiger partial charge >= 0.3 is 0 Å². The highest BCUT2D eigenvalue weighted by Gasteiger charge is 2.21. The van der Waals surface area contributed by atoms with Crippen LogP contribution in [-0.2, 0) is 5.75 Å². The smallest absolute Gasteiger partial charge is 0.203 e. The SMILES string of the molecule is COc1cc(-c2nnc(SCc3ccccc3F)n2-c2ccc(Br)cc2)cc(OC)c1OC. The maximum atomic E-state index is 14.2. The largest absolute Gasteiger partial charge is 0.493 e. The average Bonchev–Trinajstić information content (AvgIpc) is 3.27. The lowest BCUT2D eigenvalue weighted by atomic mass is 10.1. The van der Waals surface area contributed by atoms with Crippen LogP contribution in [0, 0.1) is 5.82 Å². The fourth-order valence-corrected chi connectivity index (χ4v) is 4.54. The Kier molecular flexibility index (Phi) is 7.20. The highest BCUT2D eigenvalue weighted by atomic mass is 79.9. The van der Waals surface area contributed by atoms with Crippen molar-refractivity contribution in [2.45, 2.75) is 10.9 Å². The minimum atomic E-state index is -0.246. The first-order valence-corrected chi connectivity index (χ1v) is 11.7. The summed E-state index contributed by atoms with van der Waals surface area (Å²) in [6, 6.07) is 18.2. The predicted molar refractivity (Wildman–Crippen MR) is 130 cm³/mol. The summed E-state index contributed by atoms with van der Waals surface area (Å²) < 4.78 is 33.5. The highest BCUT2D eigenvalue weighted by Crippen LogP contribution is 2.42. The highest BCUT2D eigenvalue weighted by molar-refractivity contribution is 9.10. The third kappa shape index (κ3) is 4.84. The lowest BCUT2D eigenvalue weighted by Gasteiger charge is -2.15. The van der Waals surface area contributed by atoms with Crippen molar-refractivity contribution < 1.29 is 18.6 Å². The molecule has 0 fully saturated rings. The third-order valence-electron chi connectivity index (χ3n) is 4.96.